The topological polar surface area (TPSA) is 76.5 Å². The third kappa shape index (κ3) is 2.95. The summed E-state index contributed by atoms with van der Waals surface area (Å²) in [6, 6.07) is 11.4. The van der Waals surface area contributed by atoms with Gasteiger partial charge in [-0.3, -0.25) is 4.79 Å². The van der Waals surface area contributed by atoms with E-state index >= 15 is 0 Å². The van der Waals surface area contributed by atoms with Gasteiger partial charge in [-0.25, -0.2) is 9.50 Å². The van der Waals surface area contributed by atoms with E-state index in [9.17, 15) is 4.79 Å². The number of nitrogens with two attached hydrogens (primary N) is 1. The lowest BCUT2D eigenvalue weighted by Crippen LogP contribution is -2.39. The van der Waals surface area contributed by atoms with Crippen LogP contribution in [0.25, 0.3) is 17.0 Å². The van der Waals surface area contributed by atoms with E-state index in [1.807, 2.05) is 35.2 Å². The van der Waals surface area contributed by atoms with Crippen molar-refractivity contribution in [1.29, 1.82) is 0 Å². The third-order valence-electron chi connectivity index (χ3n) is 4.69. The van der Waals surface area contributed by atoms with Crippen molar-refractivity contribution in [1.82, 2.24) is 19.5 Å². The first-order chi connectivity index (χ1) is 12.1. The van der Waals surface area contributed by atoms with Gasteiger partial charge in [-0.05, 0) is 24.8 Å². The molecule has 25 heavy (non-hydrogen) atoms. The van der Waals surface area contributed by atoms with Crippen molar-refractivity contribution in [2.45, 2.75) is 19.8 Å². The third-order valence-corrected chi connectivity index (χ3v) is 4.69. The molecule has 6 nitrogen and oxygen atoms in total. The molecule has 0 bridgehead atoms. The summed E-state index contributed by atoms with van der Waals surface area (Å²) in [4.78, 5) is 19.2. The second kappa shape index (κ2) is 6.20. The van der Waals surface area contributed by atoms with E-state index < -0.39 is 0 Å². The average molecular weight is 335 g/mol. The highest BCUT2D eigenvalue weighted by Crippen LogP contribution is 2.22. The highest BCUT2D eigenvalue weighted by Gasteiger charge is 2.23. The van der Waals surface area contributed by atoms with Crippen LogP contribution in [0, 0.1) is 5.92 Å². The summed E-state index contributed by atoms with van der Waals surface area (Å²) in [5, 5.41) is 4.50. The zero-order valence-corrected chi connectivity index (χ0v) is 14.2. The minimum Gasteiger partial charge on any atom is -0.396 e. The van der Waals surface area contributed by atoms with Crippen LogP contribution in [0.4, 0.5) is 5.69 Å². The van der Waals surface area contributed by atoms with E-state index in [-0.39, 0.29) is 5.91 Å². The Morgan fingerprint density at radius 2 is 2.08 bits per heavy atom. The van der Waals surface area contributed by atoms with Gasteiger partial charge in [0, 0.05) is 24.8 Å². The maximum atomic E-state index is 12.8. The predicted octanol–water partition coefficient (Wildman–Crippen LogP) is 2.85. The molecule has 0 spiro atoms. The first kappa shape index (κ1) is 15.6. The molecule has 1 unspecified atom stereocenters. The van der Waals surface area contributed by atoms with Gasteiger partial charge in [0.1, 0.15) is 0 Å². The smallest absolute Gasteiger partial charge is 0.255 e. The Hall–Kier alpha value is -2.89. The summed E-state index contributed by atoms with van der Waals surface area (Å²) >= 11 is 0. The molecular formula is C19H21N5O. The van der Waals surface area contributed by atoms with E-state index in [0.29, 0.717) is 28.6 Å². The number of piperidine rings is 1. The van der Waals surface area contributed by atoms with Crippen LogP contribution < -0.4 is 5.73 Å². The number of fused-ring (bicyclic) bond motifs is 1. The van der Waals surface area contributed by atoms with Crippen LogP contribution in [0.2, 0.25) is 0 Å². The first-order valence-electron chi connectivity index (χ1n) is 8.62. The van der Waals surface area contributed by atoms with Crippen molar-refractivity contribution < 1.29 is 4.79 Å². The van der Waals surface area contributed by atoms with Gasteiger partial charge in [0.05, 0.1) is 11.3 Å². The summed E-state index contributed by atoms with van der Waals surface area (Å²) in [5.41, 5.74) is 8.66. The number of benzene rings is 1. The van der Waals surface area contributed by atoms with Crippen molar-refractivity contribution in [2.75, 3.05) is 18.8 Å². The fourth-order valence-electron chi connectivity index (χ4n) is 3.39. The molecular weight excluding hydrogens is 314 g/mol. The number of nitrogens with zero attached hydrogens (tertiary/aromatic N) is 4. The Labute approximate surface area is 146 Å². The van der Waals surface area contributed by atoms with Crippen LogP contribution in [0.15, 0.2) is 42.6 Å². The standard InChI is InChI=1S/C19H21N5O/c1-13-6-5-9-23(11-13)19(25)15-10-16(20)18-21-17(22-24(18)12-15)14-7-3-2-4-8-14/h2-4,7-8,10,12-13H,5-6,9,11,20H2,1H3. The Balaban J connectivity index is 1.70. The summed E-state index contributed by atoms with van der Waals surface area (Å²) < 4.78 is 1.61. The highest BCUT2D eigenvalue weighted by molar-refractivity contribution is 5.95. The molecule has 3 heterocycles. The predicted molar refractivity (Wildman–Crippen MR) is 97.1 cm³/mol. The molecule has 128 valence electrons. The maximum Gasteiger partial charge on any atom is 0.255 e. The number of carbonyl (C=O) groups excluding carboxylic acids is 1. The molecule has 1 aliphatic rings. The molecule has 4 rings (SSSR count). The molecule has 6 heteroatoms. The first-order valence-corrected chi connectivity index (χ1v) is 8.62. The van der Waals surface area contributed by atoms with Crippen molar-refractivity contribution >= 4 is 17.2 Å². The molecule has 1 aliphatic heterocycles. The SMILES string of the molecule is CC1CCCN(C(=O)c2cc(N)c3nc(-c4ccccc4)nn3c2)C1. The highest BCUT2D eigenvalue weighted by atomic mass is 16.2. The number of likely N-dealkylation sites (tertiary alicyclic amines) is 1. The molecule has 3 aromatic rings. The molecule has 1 aromatic carbocycles. The van der Waals surface area contributed by atoms with Crippen molar-refractivity contribution in [3.63, 3.8) is 0 Å². The Bertz CT molecular complexity index is 918. The Morgan fingerprint density at radius 1 is 1.28 bits per heavy atom. The van der Waals surface area contributed by atoms with Crippen molar-refractivity contribution in [3.8, 4) is 11.4 Å². The fraction of sp³-hybridized carbons (Fsp3) is 0.316. The van der Waals surface area contributed by atoms with E-state index in [1.165, 1.54) is 6.42 Å². The minimum absolute atomic E-state index is 0.0110. The lowest BCUT2D eigenvalue weighted by Gasteiger charge is -2.31. The number of pyridine rings is 1. The van der Waals surface area contributed by atoms with Gasteiger partial charge in [-0.15, -0.1) is 5.10 Å². The number of hydrogen-bond acceptors (Lipinski definition) is 4. The second-order valence-corrected chi connectivity index (χ2v) is 6.75. The number of aromatic nitrogens is 3. The van der Waals surface area contributed by atoms with E-state index in [2.05, 4.69) is 17.0 Å². The summed E-state index contributed by atoms with van der Waals surface area (Å²) in [6.07, 6.45) is 3.95. The van der Waals surface area contributed by atoms with Crippen LogP contribution in [0.5, 0.6) is 0 Å². The molecule has 0 saturated carbocycles. The van der Waals surface area contributed by atoms with Gasteiger partial charge in [0.25, 0.3) is 5.91 Å². The van der Waals surface area contributed by atoms with E-state index in [4.69, 9.17) is 5.73 Å². The van der Waals surface area contributed by atoms with Gasteiger partial charge < -0.3 is 10.6 Å². The van der Waals surface area contributed by atoms with Crippen LogP contribution in [0.1, 0.15) is 30.1 Å². The molecule has 1 fully saturated rings. The number of rotatable bonds is 2. The Morgan fingerprint density at radius 3 is 2.84 bits per heavy atom. The van der Waals surface area contributed by atoms with Gasteiger partial charge >= 0.3 is 0 Å². The average Bonchev–Trinajstić information content (AvgIpc) is 3.07. The number of anilines is 1. The van der Waals surface area contributed by atoms with Gasteiger partial charge in [0.2, 0.25) is 0 Å². The van der Waals surface area contributed by atoms with Crippen LogP contribution in [-0.2, 0) is 0 Å². The lowest BCUT2D eigenvalue weighted by molar-refractivity contribution is 0.0682. The minimum atomic E-state index is 0.0110. The largest absolute Gasteiger partial charge is 0.396 e. The zero-order valence-electron chi connectivity index (χ0n) is 14.2. The zero-order chi connectivity index (χ0) is 17.4. The molecule has 0 radical (unpaired) electrons. The number of hydrogen-bond donors (Lipinski definition) is 1. The van der Waals surface area contributed by atoms with Crippen LogP contribution in [0.3, 0.4) is 0 Å². The van der Waals surface area contributed by atoms with E-state index in [1.54, 1.807) is 16.8 Å². The van der Waals surface area contributed by atoms with Gasteiger partial charge in [0.15, 0.2) is 11.5 Å². The number of nitrogen functional groups attached to an aromatic ring is 1. The molecule has 2 N–H and O–H groups in total. The normalized spacial score (nSPS) is 17.8. The van der Waals surface area contributed by atoms with Crippen molar-refractivity contribution in [2.24, 2.45) is 5.92 Å². The van der Waals surface area contributed by atoms with Crippen molar-refractivity contribution in [3.05, 3.63) is 48.2 Å². The molecule has 0 aliphatic carbocycles. The van der Waals surface area contributed by atoms with Gasteiger partial charge in [-0.2, -0.15) is 0 Å². The number of carbonyl (C=O) groups is 1. The molecule has 2 aromatic heterocycles. The summed E-state index contributed by atoms with van der Waals surface area (Å²) in [7, 11) is 0. The summed E-state index contributed by atoms with van der Waals surface area (Å²) in [6.45, 7) is 3.78. The summed E-state index contributed by atoms with van der Waals surface area (Å²) in [5.74, 6) is 1.15. The quantitative estimate of drug-likeness (QED) is 0.781. The van der Waals surface area contributed by atoms with Crippen LogP contribution in [-0.4, -0.2) is 38.5 Å². The molecule has 1 atom stereocenters. The van der Waals surface area contributed by atoms with Crippen LogP contribution >= 0.6 is 0 Å². The molecule has 1 amide bonds. The second-order valence-electron chi connectivity index (χ2n) is 6.75. The molecule has 1 saturated heterocycles. The number of amides is 1. The monoisotopic (exact) mass is 335 g/mol. The fourth-order valence-corrected chi connectivity index (χ4v) is 3.39. The Kier molecular flexibility index (Phi) is 3.87. The lowest BCUT2D eigenvalue weighted by atomic mass is 10.00. The maximum absolute atomic E-state index is 12.8. The van der Waals surface area contributed by atoms with E-state index in [0.717, 1.165) is 25.1 Å². The van der Waals surface area contributed by atoms with Gasteiger partial charge in [-0.1, -0.05) is 37.3 Å².